The maximum atomic E-state index is 12.8. The number of nitrogens with zero attached hydrogens (tertiary/aromatic N) is 4. The molecule has 0 bridgehead atoms. The quantitative estimate of drug-likeness (QED) is 0.793. The number of nitrogens with one attached hydrogen (secondary N) is 1. The topological polar surface area (TPSA) is 83.4 Å². The summed E-state index contributed by atoms with van der Waals surface area (Å²) in [5.74, 6) is -0.194. The van der Waals surface area contributed by atoms with Crippen molar-refractivity contribution in [2.75, 3.05) is 17.1 Å². The number of aromatic nitrogens is 3. The van der Waals surface area contributed by atoms with Crippen LogP contribution in [0.15, 0.2) is 24.3 Å². The summed E-state index contributed by atoms with van der Waals surface area (Å²) in [6, 6.07) is 4.82. The molecule has 2 rings (SSSR count). The standard InChI is InChI=1S/C12H13ClFN5O2/c1-2-7-15-11-16-10(13)17-12(18-11)21-19(20)9-5-3-8(14)4-6-9/h3-6,20H,2,7H2,1H3,(H,15,16,17,18). The van der Waals surface area contributed by atoms with Gasteiger partial charge in [0.25, 0.3) is 0 Å². The maximum absolute atomic E-state index is 12.8. The van der Waals surface area contributed by atoms with Gasteiger partial charge < -0.3 is 10.2 Å². The van der Waals surface area contributed by atoms with Crippen LogP contribution in [0.5, 0.6) is 6.01 Å². The third kappa shape index (κ3) is 4.40. The molecule has 1 aromatic carbocycles. The van der Waals surface area contributed by atoms with Crippen molar-refractivity contribution < 1.29 is 14.4 Å². The lowest BCUT2D eigenvalue weighted by atomic mass is 10.3. The van der Waals surface area contributed by atoms with Gasteiger partial charge in [0.05, 0.1) is 0 Å². The van der Waals surface area contributed by atoms with Gasteiger partial charge in [-0.05, 0) is 42.3 Å². The highest BCUT2D eigenvalue weighted by Crippen LogP contribution is 2.17. The van der Waals surface area contributed by atoms with Crippen LogP contribution >= 0.6 is 11.6 Å². The minimum Gasteiger partial charge on any atom is -0.354 e. The van der Waals surface area contributed by atoms with Crippen LogP contribution in [0.3, 0.4) is 0 Å². The summed E-state index contributed by atoms with van der Waals surface area (Å²) >= 11 is 5.75. The fourth-order valence-electron chi connectivity index (χ4n) is 1.39. The van der Waals surface area contributed by atoms with Crippen LogP contribution in [0.2, 0.25) is 5.28 Å². The van der Waals surface area contributed by atoms with E-state index < -0.39 is 5.82 Å². The first-order valence-corrected chi connectivity index (χ1v) is 6.54. The molecule has 0 radical (unpaired) electrons. The lowest BCUT2D eigenvalue weighted by Crippen LogP contribution is -2.24. The summed E-state index contributed by atoms with van der Waals surface area (Å²) in [6.07, 6.45) is 0.876. The highest BCUT2D eigenvalue weighted by atomic mass is 35.5. The SMILES string of the molecule is CCCNc1nc(Cl)nc(ON(O)c2ccc(F)cc2)n1. The van der Waals surface area contributed by atoms with Crippen LogP contribution in [0.25, 0.3) is 0 Å². The highest BCUT2D eigenvalue weighted by molar-refractivity contribution is 6.28. The molecule has 2 aromatic rings. The molecule has 0 spiro atoms. The lowest BCUT2D eigenvalue weighted by molar-refractivity contribution is 0.0429. The van der Waals surface area contributed by atoms with Crippen molar-refractivity contribution in [1.82, 2.24) is 15.0 Å². The second kappa shape index (κ2) is 7.00. The molecular formula is C12H13ClFN5O2. The van der Waals surface area contributed by atoms with Gasteiger partial charge in [0.1, 0.15) is 11.5 Å². The Morgan fingerprint density at radius 2 is 2.00 bits per heavy atom. The van der Waals surface area contributed by atoms with Crippen molar-refractivity contribution in [1.29, 1.82) is 0 Å². The number of benzene rings is 1. The van der Waals surface area contributed by atoms with E-state index in [2.05, 4.69) is 20.3 Å². The van der Waals surface area contributed by atoms with Crippen molar-refractivity contribution in [2.45, 2.75) is 13.3 Å². The van der Waals surface area contributed by atoms with Gasteiger partial charge in [0, 0.05) is 6.54 Å². The summed E-state index contributed by atoms with van der Waals surface area (Å²) in [6.45, 7) is 2.64. The van der Waals surface area contributed by atoms with Crippen molar-refractivity contribution in [3.63, 3.8) is 0 Å². The molecule has 0 aliphatic heterocycles. The van der Waals surface area contributed by atoms with Gasteiger partial charge in [0.2, 0.25) is 11.2 Å². The van der Waals surface area contributed by atoms with Crippen molar-refractivity contribution in [3.8, 4) is 6.01 Å². The maximum Gasteiger partial charge on any atom is 0.352 e. The third-order valence-corrected chi connectivity index (χ3v) is 2.51. The molecule has 112 valence electrons. The summed E-state index contributed by atoms with van der Waals surface area (Å²) < 4.78 is 12.8. The number of rotatable bonds is 6. The van der Waals surface area contributed by atoms with Crippen LogP contribution in [0.1, 0.15) is 13.3 Å². The Bertz CT molecular complexity index is 599. The van der Waals surface area contributed by atoms with Gasteiger partial charge >= 0.3 is 6.01 Å². The molecule has 1 aromatic heterocycles. The zero-order valence-corrected chi connectivity index (χ0v) is 11.9. The summed E-state index contributed by atoms with van der Waals surface area (Å²) in [5.41, 5.74) is 0.205. The second-order valence-electron chi connectivity index (χ2n) is 3.98. The van der Waals surface area contributed by atoms with Gasteiger partial charge in [-0.1, -0.05) is 12.2 Å². The molecule has 0 atom stereocenters. The van der Waals surface area contributed by atoms with Crippen molar-refractivity contribution in [2.24, 2.45) is 0 Å². The Hall–Kier alpha value is -2.19. The van der Waals surface area contributed by atoms with E-state index >= 15 is 0 Å². The molecule has 0 aliphatic carbocycles. The first kappa shape index (κ1) is 15.2. The van der Waals surface area contributed by atoms with E-state index in [4.69, 9.17) is 16.4 Å². The normalized spacial score (nSPS) is 10.3. The van der Waals surface area contributed by atoms with E-state index in [9.17, 15) is 9.60 Å². The molecule has 21 heavy (non-hydrogen) atoms. The number of anilines is 2. The Balaban J connectivity index is 2.10. The average Bonchev–Trinajstić information content (AvgIpc) is 2.45. The van der Waals surface area contributed by atoms with E-state index in [-0.39, 0.29) is 22.9 Å². The Labute approximate surface area is 125 Å². The number of halogens is 2. The molecule has 7 nitrogen and oxygen atoms in total. The lowest BCUT2D eigenvalue weighted by Gasteiger charge is -2.15. The van der Waals surface area contributed by atoms with E-state index in [0.717, 1.165) is 6.42 Å². The predicted octanol–water partition coefficient (Wildman–Crippen LogP) is 2.68. The Kier molecular flexibility index (Phi) is 5.07. The van der Waals surface area contributed by atoms with E-state index in [1.807, 2.05) is 6.92 Å². The van der Waals surface area contributed by atoms with E-state index in [0.29, 0.717) is 11.8 Å². The second-order valence-corrected chi connectivity index (χ2v) is 4.32. The predicted molar refractivity (Wildman–Crippen MR) is 74.9 cm³/mol. The molecule has 9 heteroatoms. The summed E-state index contributed by atoms with van der Waals surface area (Å²) in [7, 11) is 0. The molecule has 0 saturated heterocycles. The van der Waals surface area contributed by atoms with Crippen LogP contribution in [-0.4, -0.2) is 26.7 Å². The summed E-state index contributed by atoms with van der Waals surface area (Å²) in [5, 5.41) is 13.0. The molecule has 0 aliphatic rings. The summed E-state index contributed by atoms with van der Waals surface area (Å²) in [4.78, 5) is 16.6. The van der Waals surface area contributed by atoms with Crippen LogP contribution in [-0.2, 0) is 0 Å². The zero-order chi connectivity index (χ0) is 15.2. The molecule has 0 fully saturated rings. The van der Waals surface area contributed by atoms with Gasteiger partial charge in [-0.3, -0.25) is 5.21 Å². The van der Waals surface area contributed by atoms with Crippen LogP contribution < -0.4 is 15.4 Å². The van der Waals surface area contributed by atoms with Crippen LogP contribution in [0.4, 0.5) is 16.0 Å². The van der Waals surface area contributed by atoms with Crippen molar-refractivity contribution >= 4 is 23.2 Å². The van der Waals surface area contributed by atoms with E-state index in [1.165, 1.54) is 24.3 Å². The first-order valence-electron chi connectivity index (χ1n) is 6.16. The smallest absolute Gasteiger partial charge is 0.352 e. The molecule has 2 N–H and O–H groups in total. The minimum absolute atomic E-state index is 0.0777. The van der Waals surface area contributed by atoms with Gasteiger partial charge in [-0.2, -0.15) is 15.0 Å². The van der Waals surface area contributed by atoms with E-state index in [1.54, 1.807) is 0 Å². The monoisotopic (exact) mass is 313 g/mol. The molecular weight excluding hydrogens is 301 g/mol. The Morgan fingerprint density at radius 1 is 1.29 bits per heavy atom. The molecule has 0 unspecified atom stereocenters. The number of hydrogen-bond acceptors (Lipinski definition) is 7. The largest absolute Gasteiger partial charge is 0.354 e. The molecule has 0 amide bonds. The van der Waals surface area contributed by atoms with Crippen molar-refractivity contribution in [3.05, 3.63) is 35.4 Å². The number of hydrogen-bond donors (Lipinski definition) is 2. The molecule has 0 saturated carbocycles. The Morgan fingerprint density at radius 3 is 2.67 bits per heavy atom. The minimum atomic E-state index is -0.429. The fourth-order valence-corrected chi connectivity index (χ4v) is 1.54. The van der Waals surface area contributed by atoms with Gasteiger partial charge in [0.15, 0.2) is 0 Å². The zero-order valence-electron chi connectivity index (χ0n) is 11.1. The fraction of sp³-hybridized carbons (Fsp3) is 0.250. The molecule has 1 heterocycles. The first-order chi connectivity index (χ1) is 10.1. The third-order valence-electron chi connectivity index (χ3n) is 2.34. The van der Waals surface area contributed by atoms with Gasteiger partial charge in [-0.15, -0.1) is 0 Å². The van der Waals surface area contributed by atoms with Crippen LogP contribution in [0, 0.1) is 5.82 Å². The highest BCUT2D eigenvalue weighted by Gasteiger charge is 2.11. The average molecular weight is 314 g/mol. The van der Waals surface area contributed by atoms with Gasteiger partial charge in [-0.25, -0.2) is 4.39 Å².